The molecule has 0 heterocycles. The summed E-state index contributed by atoms with van der Waals surface area (Å²) in [6, 6.07) is 0. The number of carbonyl (C=O) groups excluding carboxylic acids is 1. The van der Waals surface area contributed by atoms with Crippen LogP contribution < -0.4 is 0 Å². The van der Waals surface area contributed by atoms with Gasteiger partial charge in [0.1, 0.15) is 6.10 Å². The molecule has 0 unspecified atom stereocenters. The molecule has 8 atom stereocenters. The lowest BCUT2D eigenvalue weighted by molar-refractivity contribution is -0.206. The van der Waals surface area contributed by atoms with Gasteiger partial charge >= 0.3 is 11.9 Å². The molecule has 0 saturated heterocycles. The molecule has 0 aliphatic heterocycles. The Labute approximate surface area is 161 Å². The molecule has 27 heavy (non-hydrogen) atoms. The minimum absolute atomic E-state index is 0.0724. The first-order valence-corrected chi connectivity index (χ1v) is 10.6. The van der Waals surface area contributed by atoms with Gasteiger partial charge in [0.2, 0.25) is 0 Å². The Morgan fingerprint density at radius 3 is 2.26 bits per heavy atom. The topological polar surface area (TPSA) is 83.8 Å². The molecule has 4 rings (SSSR count). The molecule has 0 aromatic rings. The SMILES string of the molecule is CC(=O)O[C@@H]1C[C@]23CC[C@H]4[C@@](C)(CCC[C@@]4(C)C(=O)O)[C@@H]2CC[C@@]1(C)[C@@H]3O. The van der Waals surface area contributed by atoms with Crippen LogP contribution in [-0.4, -0.2) is 34.4 Å². The van der Waals surface area contributed by atoms with Gasteiger partial charge in [0.25, 0.3) is 0 Å². The highest BCUT2D eigenvalue weighted by Crippen LogP contribution is 2.74. The normalized spacial score (nSPS) is 54.0. The van der Waals surface area contributed by atoms with Gasteiger partial charge in [-0.25, -0.2) is 0 Å². The lowest BCUT2D eigenvalue weighted by Crippen LogP contribution is -2.62. The minimum Gasteiger partial charge on any atom is -0.481 e. The highest BCUT2D eigenvalue weighted by Gasteiger charge is 2.72. The van der Waals surface area contributed by atoms with Crippen molar-refractivity contribution in [3.05, 3.63) is 0 Å². The van der Waals surface area contributed by atoms with E-state index in [2.05, 4.69) is 13.8 Å². The quantitative estimate of drug-likeness (QED) is 0.715. The van der Waals surface area contributed by atoms with Crippen LogP contribution in [0.4, 0.5) is 0 Å². The van der Waals surface area contributed by atoms with Crippen molar-refractivity contribution >= 4 is 11.9 Å². The smallest absolute Gasteiger partial charge is 0.309 e. The zero-order chi connectivity index (χ0) is 19.8. The molecule has 0 amide bonds. The van der Waals surface area contributed by atoms with E-state index in [9.17, 15) is 19.8 Å². The maximum Gasteiger partial charge on any atom is 0.309 e. The van der Waals surface area contributed by atoms with Crippen molar-refractivity contribution in [1.82, 2.24) is 0 Å². The fraction of sp³-hybridized carbons (Fsp3) is 0.909. The van der Waals surface area contributed by atoms with Gasteiger partial charge in [-0.15, -0.1) is 0 Å². The average molecular weight is 379 g/mol. The van der Waals surface area contributed by atoms with E-state index in [0.29, 0.717) is 5.92 Å². The number of ether oxygens (including phenoxy) is 1. The van der Waals surface area contributed by atoms with Crippen LogP contribution in [-0.2, 0) is 14.3 Å². The number of hydrogen-bond acceptors (Lipinski definition) is 4. The molecule has 152 valence electrons. The van der Waals surface area contributed by atoms with Crippen LogP contribution in [0.15, 0.2) is 0 Å². The van der Waals surface area contributed by atoms with Crippen LogP contribution in [0.25, 0.3) is 0 Å². The second-order valence-electron chi connectivity index (χ2n) is 10.7. The predicted octanol–water partition coefficient (Wildman–Crippen LogP) is 3.78. The van der Waals surface area contributed by atoms with Crippen LogP contribution in [0.5, 0.6) is 0 Å². The number of aliphatic hydroxyl groups is 1. The van der Waals surface area contributed by atoms with E-state index >= 15 is 0 Å². The first-order valence-electron chi connectivity index (χ1n) is 10.6. The third-order valence-corrected chi connectivity index (χ3v) is 9.60. The molecular formula is C22H34O5. The van der Waals surface area contributed by atoms with E-state index in [-0.39, 0.29) is 34.2 Å². The van der Waals surface area contributed by atoms with Crippen molar-refractivity contribution in [1.29, 1.82) is 0 Å². The Balaban J connectivity index is 1.74. The zero-order valence-corrected chi connectivity index (χ0v) is 17.1. The third-order valence-electron chi connectivity index (χ3n) is 9.60. The molecular weight excluding hydrogens is 344 g/mol. The van der Waals surface area contributed by atoms with E-state index in [0.717, 1.165) is 51.4 Å². The van der Waals surface area contributed by atoms with Gasteiger partial charge in [0.15, 0.2) is 0 Å². The molecule has 4 aliphatic carbocycles. The molecule has 0 radical (unpaired) electrons. The fourth-order valence-corrected chi connectivity index (χ4v) is 8.32. The summed E-state index contributed by atoms with van der Waals surface area (Å²) in [5.74, 6) is -0.493. The Bertz CT molecular complexity index is 676. The molecule has 5 heteroatoms. The highest BCUT2D eigenvalue weighted by atomic mass is 16.5. The first-order chi connectivity index (χ1) is 12.5. The second-order valence-corrected chi connectivity index (χ2v) is 10.7. The van der Waals surface area contributed by atoms with Gasteiger partial charge in [-0.1, -0.05) is 20.3 Å². The van der Waals surface area contributed by atoms with Crippen molar-refractivity contribution in [2.75, 3.05) is 0 Å². The Morgan fingerprint density at radius 2 is 1.63 bits per heavy atom. The van der Waals surface area contributed by atoms with E-state index in [1.54, 1.807) is 0 Å². The lowest BCUT2D eigenvalue weighted by Gasteiger charge is -2.64. The molecule has 2 bridgehead atoms. The van der Waals surface area contributed by atoms with E-state index in [4.69, 9.17) is 4.74 Å². The zero-order valence-electron chi connectivity index (χ0n) is 17.1. The Kier molecular flexibility index (Phi) is 4.07. The van der Waals surface area contributed by atoms with Crippen molar-refractivity contribution in [3.8, 4) is 0 Å². The predicted molar refractivity (Wildman–Crippen MR) is 99.9 cm³/mol. The summed E-state index contributed by atoms with van der Waals surface area (Å²) in [6.07, 6.45) is 6.25. The number of esters is 1. The first kappa shape index (κ1) is 19.2. The summed E-state index contributed by atoms with van der Waals surface area (Å²) >= 11 is 0. The molecule has 0 aromatic heterocycles. The lowest BCUT2D eigenvalue weighted by atomic mass is 9.40. The summed E-state index contributed by atoms with van der Waals surface area (Å²) in [5, 5.41) is 21.5. The van der Waals surface area contributed by atoms with Crippen molar-refractivity contribution in [2.45, 2.75) is 91.3 Å². The summed E-state index contributed by atoms with van der Waals surface area (Å²) in [6.45, 7) is 7.75. The number of carboxylic acid groups (broad SMARTS) is 1. The Morgan fingerprint density at radius 1 is 0.963 bits per heavy atom. The number of carbonyl (C=O) groups is 2. The van der Waals surface area contributed by atoms with Gasteiger partial charge in [-0.2, -0.15) is 0 Å². The van der Waals surface area contributed by atoms with Gasteiger partial charge in [0.05, 0.1) is 11.5 Å². The monoisotopic (exact) mass is 378 g/mol. The van der Waals surface area contributed by atoms with Crippen molar-refractivity contribution in [2.24, 2.45) is 33.5 Å². The van der Waals surface area contributed by atoms with Crippen LogP contribution in [0.2, 0.25) is 0 Å². The van der Waals surface area contributed by atoms with Crippen molar-refractivity contribution in [3.63, 3.8) is 0 Å². The fourth-order valence-electron chi connectivity index (χ4n) is 8.32. The van der Waals surface area contributed by atoms with Gasteiger partial charge < -0.3 is 14.9 Å². The number of hydrogen-bond donors (Lipinski definition) is 2. The molecule has 4 aliphatic rings. The molecule has 1 spiro atoms. The molecule has 2 N–H and O–H groups in total. The maximum absolute atomic E-state index is 12.2. The number of fused-ring (bicyclic) bond motifs is 3. The highest BCUT2D eigenvalue weighted by molar-refractivity contribution is 5.75. The van der Waals surface area contributed by atoms with E-state index < -0.39 is 17.5 Å². The van der Waals surface area contributed by atoms with E-state index in [1.165, 1.54) is 6.92 Å². The van der Waals surface area contributed by atoms with E-state index in [1.807, 2.05) is 6.92 Å². The number of rotatable bonds is 2. The number of aliphatic carboxylic acids is 1. The van der Waals surface area contributed by atoms with Crippen LogP contribution in [0, 0.1) is 33.5 Å². The van der Waals surface area contributed by atoms with Gasteiger partial charge in [-0.05, 0) is 69.1 Å². The number of carboxylic acids is 1. The maximum atomic E-state index is 12.2. The van der Waals surface area contributed by atoms with Crippen molar-refractivity contribution < 1.29 is 24.5 Å². The number of aliphatic hydroxyl groups excluding tert-OH is 1. The molecule has 4 saturated carbocycles. The summed E-state index contributed by atoms with van der Waals surface area (Å²) in [5.41, 5.74) is -1.36. The average Bonchev–Trinajstić information content (AvgIpc) is 2.69. The van der Waals surface area contributed by atoms with Gasteiger partial charge in [0, 0.05) is 17.8 Å². The largest absolute Gasteiger partial charge is 0.481 e. The molecule has 0 aromatic carbocycles. The van der Waals surface area contributed by atoms with Gasteiger partial charge in [-0.3, -0.25) is 9.59 Å². The van der Waals surface area contributed by atoms with Crippen LogP contribution in [0.3, 0.4) is 0 Å². The summed E-state index contributed by atoms with van der Waals surface area (Å²) in [4.78, 5) is 23.8. The van der Waals surface area contributed by atoms with Crippen LogP contribution >= 0.6 is 0 Å². The molecule has 4 fully saturated rings. The minimum atomic E-state index is -0.672. The summed E-state index contributed by atoms with van der Waals surface area (Å²) < 4.78 is 5.70. The second kappa shape index (κ2) is 5.71. The van der Waals surface area contributed by atoms with Crippen LogP contribution in [0.1, 0.15) is 79.1 Å². The third kappa shape index (κ3) is 2.27. The standard InChI is InChI=1S/C22H34O5/c1-13(23)27-16-12-22-11-7-14-19(2,8-5-9-20(14,3)18(25)26)15(22)6-10-21(16,4)17(22)24/h14-17,24H,5-12H2,1-4H3,(H,25,26)/t14-,15-,16+,17-,19+,20+,21+,22+/m0/s1. The molecule has 5 nitrogen and oxygen atoms in total. The Hall–Kier alpha value is -1.10. The summed E-state index contributed by atoms with van der Waals surface area (Å²) in [7, 11) is 0.